The summed E-state index contributed by atoms with van der Waals surface area (Å²) in [6, 6.07) is 19.2. The molecule has 4 nitrogen and oxygen atoms in total. The summed E-state index contributed by atoms with van der Waals surface area (Å²) in [6.07, 6.45) is 0. The molecule has 0 fully saturated rings. The lowest BCUT2D eigenvalue weighted by Gasteiger charge is -2.10. The van der Waals surface area contributed by atoms with Crippen molar-refractivity contribution in [2.24, 2.45) is 0 Å². The van der Waals surface area contributed by atoms with Gasteiger partial charge < -0.3 is 5.32 Å². The fourth-order valence-electron chi connectivity index (χ4n) is 2.32. The number of hydrogen-bond acceptors (Lipinski definition) is 3. The summed E-state index contributed by atoms with van der Waals surface area (Å²) in [5.74, 6) is -0.271. The van der Waals surface area contributed by atoms with Gasteiger partial charge >= 0.3 is 0 Å². The molecule has 2 N–H and O–H groups in total. The average Bonchev–Trinajstić information content (AvgIpc) is 2.62. The Morgan fingerprint density at radius 3 is 2.12 bits per heavy atom. The lowest BCUT2D eigenvalue weighted by Crippen LogP contribution is -2.12. The topological polar surface area (TPSA) is 58.2 Å². The summed E-state index contributed by atoms with van der Waals surface area (Å²) in [6.45, 7) is 0.336. The minimum Gasteiger partial charge on any atom is -0.381 e. The van der Waals surface area contributed by atoms with E-state index in [1.165, 1.54) is 30.3 Å². The SMILES string of the molecule is O=S(=O)(Nc1ccc(NCc2ccccc2F)cc1)c1ccc(Cl)cc1. The number of benzene rings is 3. The van der Waals surface area contributed by atoms with E-state index < -0.39 is 10.0 Å². The summed E-state index contributed by atoms with van der Waals surface area (Å²) in [4.78, 5) is 0.128. The highest BCUT2D eigenvalue weighted by molar-refractivity contribution is 7.92. The Morgan fingerprint density at radius 1 is 0.846 bits per heavy atom. The molecular weight excluding hydrogens is 375 g/mol. The van der Waals surface area contributed by atoms with Gasteiger partial charge in [0, 0.05) is 28.5 Å². The molecule has 0 amide bonds. The first-order valence-electron chi connectivity index (χ1n) is 7.80. The van der Waals surface area contributed by atoms with Crippen LogP contribution in [-0.2, 0) is 16.6 Å². The molecule has 0 saturated carbocycles. The zero-order valence-electron chi connectivity index (χ0n) is 13.6. The van der Waals surface area contributed by atoms with Crippen molar-refractivity contribution < 1.29 is 12.8 Å². The minimum absolute atomic E-state index is 0.128. The summed E-state index contributed by atoms with van der Waals surface area (Å²) >= 11 is 5.78. The zero-order valence-corrected chi connectivity index (χ0v) is 15.2. The summed E-state index contributed by atoms with van der Waals surface area (Å²) in [5.41, 5.74) is 1.74. The zero-order chi connectivity index (χ0) is 18.6. The third kappa shape index (κ3) is 4.53. The van der Waals surface area contributed by atoms with Crippen LogP contribution in [0.25, 0.3) is 0 Å². The number of hydrogen-bond donors (Lipinski definition) is 2. The molecule has 0 aliphatic rings. The van der Waals surface area contributed by atoms with Gasteiger partial charge in [-0.3, -0.25) is 4.72 Å². The number of anilines is 2. The van der Waals surface area contributed by atoms with Crippen molar-refractivity contribution in [3.8, 4) is 0 Å². The van der Waals surface area contributed by atoms with Crippen LogP contribution in [0, 0.1) is 5.82 Å². The second-order valence-corrected chi connectivity index (χ2v) is 7.70. The van der Waals surface area contributed by atoms with Gasteiger partial charge in [-0.1, -0.05) is 29.8 Å². The van der Waals surface area contributed by atoms with Gasteiger partial charge in [-0.05, 0) is 54.6 Å². The molecule has 3 aromatic rings. The van der Waals surface area contributed by atoms with Crippen LogP contribution in [0.15, 0.2) is 77.7 Å². The quantitative estimate of drug-likeness (QED) is 0.629. The molecule has 0 radical (unpaired) electrons. The van der Waals surface area contributed by atoms with Gasteiger partial charge in [-0.15, -0.1) is 0 Å². The van der Waals surface area contributed by atoms with Crippen molar-refractivity contribution in [2.75, 3.05) is 10.0 Å². The van der Waals surface area contributed by atoms with E-state index in [1.807, 2.05) is 0 Å². The molecule has 3 rings (SSSR count). The molecule has 0 saturated heterocycles. The highest BCUT2D eigenvalue weighted by Crippen LogP contribution is 2.20. The smallest absolute Gasteiger partial charge is 0.261 e. The van der Waals surface area contributed by atoms with E-state index in [2.05, 4.69) is 10.0 Å². The first-order valence-corrected chi connectivity index (χ1v) is 9.66. The van der Waals surface area contributed by atoms with Crippen molar-refractivity contribution in [3.63, 3.8) is 0 Å². The molecular formula is C19H16ClFN2O2S. The molecule has 0 spiro atoms. The fraction of sp³-hybridized carbons (Fsp3) is 0.0526. The highest BCUT2D eigenvalue weighted by Gasteiger charge is 2.13. The van der Waals surface area contributed by atoms with Gasteiger partial charge in [0.25, 0.3) is 10.0 Å². The first-order chi connectivity index (χ1) is 12.4. The Kier molecular flexibility index (Phi) is 5.44. The summed E-state index contributed by atoms with van der Waals surface area (Å²) in [5, 5.41) is 3.56. The van der Waals surface area contributed by atoms with Crippen molar-refractivity contribution in [1.82, 2.24) is 0 Å². The van der Waals surface area contributed by atoms with Crippen molar-refractivity contribution in [2.45, 2.75) is 11.4 Å². The van der Waals surface area contributed by atoms with Crippen LogP contribution in [0.2, 0.25) is 5.02 Å². The average molecular weight is 391 g/mol. The molecule has 3 aromatic carbocycles. The van der Waals surface area contributed by atoms with Crippen LogP contribution >= 0.6 is 11.6 Å². The molecule has 0 aromatic heterocycles. The molecule has 0 aliphatic carbocycles. The van der Waals surface area contributed by atoms with E-state index in [4.69, 9.17) is 11.6 Å². The van der Waals surface area contributed by atoms with Crippen LogP contribution in [-0.4, -0.2) is 8.42 Å². The van der Waals surface area contributed by atoms with Crippen LogP contribution in [0.5, 0.6) is 0 Å². The maximum atomic E-state index is 13.6. The second kappa shape index (κ2) is 7.76. The maximum absolute atomic E-state index is 13.6. The predicted molar refractivity (Wildman–Crippen MR) is 102 cm³/mol. The Labute approximate surface area is 156 Å². The van der Waals surface area contributed by atoms with Crippen LogP contribution in [0.3, 0.4) is 0 Å². The lowest BCUT2D eigenvalue weighted by molar-refractivity contribution is 0.601. The van der Waals surface area contributed by atoms with Gasteiger partial charge in [0.2, 0.25) is 0 Å². The van der Waals surface area contributed by atoms with Crippen molar-refractivity contribution in [3.05, 3.63) is 89.2 Å². The molecule has 26 heavy (non-hydrogen) atoms. The van der Waals surface area contributed by atoms with Crippen LogP contribution < -0.4 is 10.0 Å². The Bertz CT molecular complexity index is 991. The first kappa shape index (κ1) is 18.2. The summed E-state index contributed by atoms with van der Waals surface area (Å²) < 4.78 is 40.8. The van der Waals surface area contributed by atoms with E-state index in [1.54, 1.807) is 42.5 Å². The van der Waals surface area contributed by atoms with Crippen LogP contribution in [0.1, 0.15) is 5.56 Å². The second-order valence-electron chi connectivity index (χ2n) is 5.58. The predicted octanol–water partition coefficient (Wildman–Crippen LogP) is 4.89. The molecule has 0 bridgehead atoms. The molecule has 7 heteroatoms. The Morgan fingerprint density at radius 2 is 1.46 bits per heavy atom. The number of nitrogens with one attached hydrogen (secondary N) is 2. The van der Waals surface area contributed by atoms with Crippen molar-refractivity contribution >= 4 is 33.0 Å². The van der Waals surface area contributed by atoms with Crippen molar-refractivity contribution in [1.29, 1.82) is 0 Å². The maximum Gasteiger partial charge on any atom is 0.261 e. The molecule has 0 atom stereocenters. The highest BCUT2D eigenvalue weighted by atomic mass is 35.5. The standard InChI is InChI=1S/C19H16ClFN2O2S/c20-15-5-11-18(12-6-15)26(24,25)23-17-9-7-16(8-10-17)22-13-14-3-1-2-4-19(14)21/h1-12,22-23H,13H2. The van der Waals surface area contributed by atoms with E-state index in [-0.39, 0.29) is 10.7 Å². The molecule has 0 heterocycles. The Hall–Kier alpha value is -2.57. The fourth-order valence-corrected chi connectivity index (χ4v) is 3.51. The molecule has 0 unspecified atom stereocenters. The number of halogens is 2. The minimum atomic E-state index is -3.68. The third-order valence-corrected chi connectivity index (χ3v) is 5.35. The van der Waals surface area contributed by atoms with Gasteiger partial charge in [0.05, 0.1) is 4.90 Å². The van der Waals surface area contributed by atoms with Gasteiger partial charge in [0.1, 0.15) is 5.82 Å². The van der Waals surface area contributed by atoms with E-state index in [0.29, 0.717) is 22.8 Å². The lowest BCUT2D eigenvalue weighted by atomic mass is 10.2. The van der Waals surface area contributed by atoms with Crippen LogP contribution in [0.4, 0.5) is 15.8 Å². The van der Waals surface area contributed by atoms with E-state index in [0.717, 1.165) is 5.69 Å². The van der Waals surface area contributed by atoms with E-state index in [9.17, 15) is 12.8 Å². The van der Waals surface area contributed by atoms with Gasteiger partial charge in [-0.25, -0.2) is 12.8 Å². The monoisotopic (exact) mass is 390 g/mol. The van der Waals surface area contributed by atoms with Gasteiger partial charge in [-0.2, -0.15) is 0 Å². The molecule has 0 aliphatic heterocycles. The summed E-state index contributed by atoms with van der Waals surface area (Å²) in [7, 11) is -3.68. The number of rotatable bonds is 6. The van der Waals surface area contributed by atoms with E-state index >= 15 is 0 Å². The molecule has 134 valence electrons. The third-order valence-electron chi connectivity index (χ3n) is 3.70. The van der Waals surface area contributed by atoms with Gasteiger partial charge in [0.15, 0.2) is 0 Å². The normalized spacial score (nSPS) is 11.2. The Balaban J connectivity index is 1.66. The largest absolute Gasteiger partial charge is 0.381 e. The number of sulfonamides is 1.